The largest absolute Gasteiger partial charge is 0.398 e. The average molecular weight is 207 g/mol. The van der Waals surface area contributed by atoms with Crippen LogP contribution in [0.3, 0.4) is 0 Å². The number of hydrogen-bond acceptors (Lipinski definition) is 3. The number of nitrogens with one attached hydrogen (secondary N) is 1. The van der Waals surface area contributed by atoms with Crippen molar-refractivity contribution in [3.8, 4) is 0 Å². The van der Waals surface area contributed by atoms with E-state index in [0.29, 0.717) is 6.54 Å². The molecule has 1 aromatic rings. The Labute approximate surface area is 90.1 Å². The highest BCUT2D eigenvalue weighted by molar-refractivity contribution is 5.81. The Bertz CT molecular complexity index is 363. The fourth-order valence-electron chi connectivity index (χ4n) is 1.25. The zero-order valence-corrected chi connectivity index (χ0v) is 9.37. The van der Waals surface area contributed by atoms with Gasteiger partial charge in [0.2, 0.25) is 5.91 Å². The highest BCUT2D eigenvalue weighted by Gasteiger charge is 2.06. The third-order valence-corrected chi connectivity index (χ3v) is 2.36. The molecule has 4 heteroatoms. The van der Waals surface area contributed by atoms with Crippen molar-refractivity contribution >= 4 is 17.3 Å². The minimum absolute atomic E-state index is 0.0170. The molecule has 0 aliphatic rings. The van der Waals surface area contributed by atoms with Gasteiger partial charge in [-0.15, -0.1) is 0 Å². The zero-order chi connectivity index (χ0) is 11.4. The van der Waals surface area contributed by atoms with E-state index >= 15 is 0 Å². The van der Waals surface area contributed by atoms with Crippen LogP contribution in [0.25, 0.3) is 0 Å². The van der Waals surface area contributed by atoms with Gasteiger partial charge in [0.25, 0.3) is 0 Å². The van der Waals surface area contributed by atoms with Crippen LogP contribution >= 0.6 is 0 Å². The van der Waals surface area contributed by atoms with E-state index in [1.165, 1.54) is 0 Å². The smallest absolute Gasteiger partial charge is 0.239 e. The molecule has 1 rings (SSSR count). The molecule has 0 saturated heterocycles. The fourth-order valence-corrected chi connectivity index (χ4v) is 1.25. The van der Waals surface area contributed by atoms with Crippen LogP contribution in [-0.2, 0) is 4.79 Å². The number of carbonyl (C=O) groups is 1. The van der Waals surface area contributed by atoms with Gasteiger partial charge >= 0.3 is 0 Å². The van der Waals surface area contributed by atoms with Gasteiger partial charge < -0.3 is 16.0 Å². The maximum atomic E-state index is 11.2. The first-order valence-electron chi connectivity index (χ1n) is 4.82. The lowest BCUT2D eigenvalue weighted by atomic mass is 10.2. The van der Waals surface area contributed by atoms with Crippen molar-refractivity contribution in [2.45, 2.75) is 6.92 Å². The van der Waals surface area contributed by atoms with E-state index in [-0.39, 0.29) is 5.91 Å². The summed E-state index contributed by atoms with van der Waals surface area (Å²) in [6.45, 7) is 2.29. The molecule has 82 valence electrons. The molecule has 3 N–H and O–H groups in total. The predicted octanol–water partition coefficient (Wildman–Crippen LogP) is 0.759. The molecule has 1 amide bonds. The topological polar surface area (TPSA) is 58.4 Å². The molecule has 0 heterocycles. The van der Waals surface area contributed by atoms with E-state index in [0.717, 1.165) is 16.9 Å². The lowest BCUT2D eigenvalue weighted by molar-refractivity contribution is -0.119. The molecule has 0 aliphatic heterocycles. The molecular formula is C11H17N3O. The van der Waals surface area contributed by atoms with E-state index in [2.05, 4.69) is 5.32 Å². The van der Waals surface area contributed by atoms with Gasteiger partial charge in [0.05, 0.1) is 6.54 Å². The number of aryl methyl sites for hydroxylation is 1. The van der Waals surface area contributed by atoms with Crippen molar-refractivity contribution in [3.05, 3.63) is 23.8 Å². The molecule has 4 nitrogen and oxygen atoms in total. The van der Waals surface area contributed by atoms with Gasteiger partial charge in [-0.2, -0.15) is 0 Å². The van der Waals surface area contributed by atoms with Crippen molar-refractivity contribution in [1.29, 1.82) is 0 Å². The van der Waals surface area contributed by atoms with Gasteiger partial charge in [-0.05, 0) is 24.6 Å². The first-order chi connectivity index (χ1) is 7.04. The summed E-state index contributed by atoms with van der Waals surface area (Å²) < 4.78 is 0. The van der Waals surface area contributed by atoms with Crippen LogP contribution in [-0.4, -0.2) is 26.5 Å². The van der Waals surface area contributed by atoms with Gasteiger partial charge in [0.15, 0.2) is 0 Å². The van der Waals surface area contributed by atoms with Crippen LogP contribution in [0.4, 0.5) is 11.4 Å². The second kappa shape index (κ2) is 4.68. The minimum atomic E-state index is -0.0170. The molecule has 0 saturated carbocycles. The Hall–Kier alpha value is -1.71. The summed E-state index contributed by atoms with van der Waals surface area (Å²) in [6.07, 6.45) is 0. The van der Waals surface area contributed by atoms with Crippen molar-refractivity contribution in [2.24, 2.45) is 0 Å². The molecule has 15 heavy (non-hydrogen) atoms. The first kappa shape index (κ1) is 11.4. The van der Waals surface area contributed by atoms with Gasteiger partial charge in [0.1, 0.15) is 0 Å². The molecule has 0 unspecified atom stereocenters. The number of anilines is 2. The Morgan fingerprint density at radius 1 is 1.53 bits per heavy atom. The number of likely N-dealkylation sites (N-methyl/N-ethyl adjacent to an activating group) is 2. The van der Waals surface area contributed by atoms with Crippen LogP contribution in [0.2, 0.25) is 0 Å². The fraction of sp³-hybridized carbons (Fsp3) is 0.364. The van der Waals surface area contributed by atoms with Gasteiger partial charge in [0, 0.05) is 25.5 Å². The standard InChI is InChI=1S/C11H17N3O/c1-8-4-5-9(6-10(8)12)14(3)7-11(15)13-2/h4-6H,7,12H2,1-3H3,(H,13,15). The first-order valence-corrected chi connectivity index (χ1v) is 4.82. The van der Waals surface area contributed by atoms with Gasteiger partial charge in [-0.25, -0.2) is 0 Å². The quantitative estimate of drug-likeness (QED) is 0.719. The Kier molecular flexibility index (Phi) is 3.55. The number of carbonyl (C=O) groups excluding carboxylic acids is 1. The summed E-state index contributed by atoms with van der Waals surface area (Å²) in [5.41, 5.74) is 8.54. The van der Waals surface area contributed by atoms with Crippen molar-refractivity contribution < 1.29 is 4.79 Å². The van der Waals surface area contributed by atoms with Crippen LogP contribution in [0, 0.1) is 6.92 Å². The number of nitrogen functional groups attached to an aromatic ring is 1. The van der Waals surface area contributed by atoms with E-state index in [1.807, 2.05) is 37.1 Å². The lowest BCUT2D eigenvalue weighted by Crippen LogP contribution is -2.32. The maximum absolute atomic E-state index is 11.2. The van der Waals surface area contributed by atoms with Crippen molar-refractivity contribution in [3.63, 3.8) is 0 Å². The molecule has 1 aromatic carbocycles. The third kappa shape index (κ3) is 2.87. The summed E-state index contributed by atoms with van der Waals surface area (Å²) in [5.74, 6) is -0.0170. The molecule has 0 aromatic heterocycles. The number of amides is 1. The van der Waals surface area contributed by atoms with E-state index in [1.54, 1.807) is 7.05 Å². The molecule has 0 fully saturated rings. The van der Waals surface area contributed by atoms with Gasteiger partial charge in [-0.1, -0.05) is 6.07 Å². The molecule has 0 atom stereocenters. The molecule has 0 spiro atoms. The monoisotopic (exact) mass is 207 g/mol. The highest BCUT2D eigenvalue weighted by atomic mass is 16.1. The third-order valence-electron chi connectivity index (χ3n) is 2.36. The summed E-state index contributed by atoms with van der Waals surface area (Å²) in [5, 5.41) is 2.58. The number of rotatable bonds is 3. The van der Waals surface area contributed by atoms with Crippen molar-refractivity contribution in [1.82, 2.24) is 5.32 Å². The van der Waals surface area contributed by atoms with Crippen LogP contribution in [0.5, 0.6) is 0 Å². The minimum Gasteiger partial charge on any atom is -0.398 e. The van der Waals surface area contributed by atoms with Gasteiger partial charge in [-0.3, -0.25) is 4.79 Å². The van der Waals surface area contributed by atoms with E-state index < -0.39 is 0 Å². The second-order valence-electron chi connectivity index (χ2n) is 3.57. The highest BCUT2D eigenvalue weighted by Crippen LogP contribution is 2.19. The summed E-state index contributed by atoms with van der Waals surface area (Å²) >= 11 is 0. The Morgan fingerprint density at radius 3 is 2.73 bits per heavy atom. The number of nitrogens with zero attached hydrogens (tertiary/aromatic N) is 1. The van der Waals surface area contributed by atoms with Crippen LogP contribution in [0.15, 0.2) is 18.2 Å². The molecule has 0 bridgehead atoms. The molecule has 0 aliphatic carbocycles. The maximum Gasteiger partial charge on any atom is 0.239 e. The number of benzene rings is 1. The van der Waals surface area contributed by atoms with Crippen molar-refractivity contribution in [2.75, 3.05) is 31.3 Å². The zero-order valence-electron chi connectivity index (χ0n) is 9.37. The lowest BCUT2D eigenvalue weighted by Gasteiger charge is -2.19. The van der Waals surface area contributed by atoms with E-state index in [4.69, 9.17) is 5.73 Å². The summed E-state index contributed by atoms with van der Waals surface area (Å²) in [4.78, 5) is 13.0. The average Bonchev–Trinajstić information content (AvgIpc) is 2.21. The normalized spacial score (nSPS) is 9.80. The summed E-state index contributed by atoms with van der Waals surface area (Å²) in [6, 6.07) is 5.78. The Morgan fingerprint density at radius 2 is 2.20 bits per heavy atom. The van der Waals surface area contributed by atoms with E-state index in [9.17, 15) is 4.79 Å². The molecule has 0 radical (unpaired) electrons. The molecular weight excluding hydrogens is 190 g/mol. The Balaban J connectivity index is 2.78. The second-order valence-corrected chi connectivity index (χ2v) is 3.57. The number of nitrogens with two attached hydrogens (primary N) is 1. The number of hydrogen-bond donors (Lipinski definition) is 2. The van der Waals surface area contributed by atoms with Crippen LogP contribution < -0.4 is 16.0 Å². The summed E-state index contributed by atoms with van der Waals surface area (Å²) in [7, 11) is 3.49. The SMILES string of the molecule is CNC(=O)CN(C)c1ccc(C)c(N)c1. The predicted molar refractivity (Wildman–Crippen MR) is 62.9 cm³/mol. The van der Waals surface area contributed by atoms with Crippen LogP contribution in [0.1, 0.15) is 5.56 Å².